The highest BCUT2D eigenvalue weighted by atomic mass is 79.9. The first-order valence-electron chi connectivity index (χ1n) is 4.75. The summed E-state index contributed by atoms with van der Waals surface area (Å²) < 4.78 is 1.09. The lowest BCUT2D eigenvalue weighted by Gasteiger charge is -2.13. The van der Waals surface area contributed by atoms with E-state index in [1.165, 1.54) is 11.1 Å². The highest BCUT2D eigenvalue weighted by Gasteiger charge is 2.08. The van der Waals surface area contributed by atoms with E-state index < -0.39 is 0 Å². The Balaban J connectivity index is 2.65. The number of hydrogen-bond acceptors (Lipinski definition) is 1. The Kier molecular flexibility index (Phi) is 4.36. The van der Waals surface area contributed by atoms with Gasteiger partial charge in [-0.3, -0.25) is 0 Å². The van der Waals surface area contributed by atoms with Gasteiger partial charge in [-0.25, -0.2) is 0 Å². The Hall–Kier alpha value is -0.600. The average molecular weight is 254 g/mol. The maximum atomic E-state index is 6.07. The molecule has 0 bridgehead atoms. The van der Waals surface area contributed by atoms with E-state index in [0.29, 0.717) is 0 Å². The average Bonchev–Trinajstić information content (AvgIpc) is 2.15. The third-order valence-corrected chi connectivity index (χ3v) is 2.91. The molecule has 1 rings (SSSR count). The largest absolute Gasteiger partial charge is 0.324 e. The zero-order valence-electron chi connectivity index (χ0n) is 8.46. The van der Waals surface area contributed by atoms with Crippen molar-refractivity contribution in [3.8, 4) is 0 Å². The number of nitrogens with two attached hydrogens (primary N) is 1. The Morgan fingerprint density at radius 1 is 1.50 bits per heavy atom. The molecule has 1 nitrogen and oxygen atoms in total. The van der Waals surface area contributed by atoms with Crippen LogP contribution in [0.1, 0.15) is 31.4 Å². The van der Waals surface area contributed by atoms with Crippen molar-refractivity contribution in [2.75, 3.05) is 0 Å². The quantitative estimate of drug-likeness (QED) is 0.812. The second-order valence-corrected chi connectivity index (χ2v) is 4.48. The molecular formula is C12H16BrN. The summed E-state index contributed by atoms with van der Waals surface area (Å²) in [5.41, 5.74) is 8.44. The van der Waals surface area contributed by atoms with Gasteiger partial charge in [-0.2, -0.15) is 0 Å². The van der Waals surface area contributed by atoms with E-state index in [4.69, 9.17) is 5.73 Å². The van der Waals surface area contributed by atoms with Crippen LogP contribution in [0.3, 0.4) is 0 Å². The summed E-state index contributed by atoms with van der Waals surface area (Å²) in [4.78, 5) is 0. The van der Waals surface area contributed by atoms with Gasteiger partial charge in [0.05, 0.1) is 0 Å². The lowest BCUT2D eigenvalue weighted by Crippen LogP contribution is -2.10. The molecule has 0 aliphatic carbocycles. The highest BCUT2D eigenvalue weighted by Crippen LogP contribution is 2.25. The van der Waals surface area contributed by atoms with Crippen molar-refractivity contribution in [2.24, 2.45) is 5.73 Å². The Morgan fingerprint density at radius 3 is 2.71 bits per heavy atom. The summed E-state index contributed by atoms with van der Waals surface area (Å²) >= 11 is 3.50. The van der Waals surface area contributed by atoms with Gasteiger partial charge >= 0.3 is 0 Å². The summed E-state index contributed by atoms with van der Waals surface area (Å²) in [6.45, 7) is 5.91. The van der Waals surface area contributed by atoms with Gasteiger partial charge in [0.2, 0.25) is 0 Å². The maximum absolute atomic E-state index is 6.07. The first kappa shape index (κ1) is 11.5. The fraction of sp³-hybridized carbons (Fsp3) is 0.333. The molecule has 0 aromatic heterocycles. The van der Waals surface area contributed by atoms with Gasteiger partial charge in [-0.05, 0) is 31.4 Å². The van der Waals surface area contributed by atoms with Crippen molar-refractivity contribution in [1.29, 1.82) is 0 Å². The Labute approximate surface area is 94.1 Å². The summed E-state index contributed by atoms with van der Waals surface area (Å²) in [5, 5.41) is 0. The molecule has 2 heteroatoms. The molecule has 0 saturated carbocycles. The second kappa shape index (κ2) is 5.32. The van der Waals surface area contributed by atoms with Gasteiger partial charge in [0, 0.05) is 10.5 Å². The fourth-order valence-corrected chi connectivity index (χ4v) is 1.91. The normalized spacial score (nSPS) is 12.5. The van der Waals surface area contributed by atoms with Gasteiger partial charge < -0.3 is 5.73 Å². The van der Waals surface area contributed by atoms with E-state index >= 15 is 0 Å². The molecule has 1 atom stereocenters. The zero-order chi connectivity index (χ0) is 10.6. The van der Waals surface area contributed by atoms with Crippen LogP contribution in [0.5, 0.6) is 0 Å². The maximum Gasteiger partial charge on any atom is 0.0309 e. The molecule has 2 N–H and O–H groups in total. The van der Waals surface area contributed by atoms with Crippen LogP contribution in [0.2, 0.25) is 0 Å². The van der Waals surface area contributed by atoms with E-state index in [2.05, 4.69) is 28.6 Å². The molecule has 0 fully saturated rings. The minimum Gasteiger partial charge on any atom is -0.324 e. The van der Waals surface area contributed by atoms with Crippen LogP contribution in [0.4, 0.5) is 0 Å². The van der Waals surface area contributed by atoms with Crippen LogP contribution in [0.15, 0.2) is 40.9 Å². The predicted octanol–water partition coefficient (Wildman–Crippen LogP) is 3.81. The SMILES string of the molecule is C=C(C)CCC(N)c1ccccc1Br. The van der Waals surface area contributed by atoms with Crippen molar-refractivity contribution in [2.45, 2.75) is 25.8 Å². The zero-order valence-corrected chi connectivity index (χ0v) is 10.0. The number of rotatable bonds is 4. The van der Waals surface area contributed by atoms with E-state index in [-0.39, 0.29) is 6.04 Å². The molecule has 1 unspecified atom stereocenters. The third kappa shape index (κ3) is 3.28. The van der Waals surface area contributed by atoms with E-state index in [0.717, 1.165) is 17.3 Å². The lowest BCUT2D eigenvalue weighted by atomic mass is 10.0. The Bertz CT molecular complexity index is 320. The van der Waals surface area contributed by atoms with Gasteiger partial charge in [-0.1, -0.05) is 39.7 Å². The van der Waals surface area contributed by atoms with E-state index in [1.807, 2.05) is 25.1 Å². The first-order valence-corrected chi connectivity index (χ1v) is 5.55. The van der Waals surface area contributed by atoms with Gasteiger partial charge in [0.25, 0.3) is 0 Å². The second-order valence-electron chi connectivity index (χ2n) is 3.62. The van der Waals surface area contributed by atoms with Crippen molar-refractivity contribution in [3.05, 3.63) is 46.5 Å². The number of hydrogen-bond donors (Lipinski definition) is 1. The standard InChI is InChI=1S/C12H16BrN/c1-9(2)7-8-12(14)10-5-3-4-6-11(10)13/h3-6,12H,1,7-8,14H2,2H3. The number of allylic oxidation sites excluding steroid dienone is 1. The van der Waals surface area contributed by atoms with Crippen LogP contribution in [-0.2, 0) is 0 Å². The molecule has 0 saturated heterocycles. The number of halogens is 1. The summed E-state index contributed by atoms with van der Waals surface area (Å²) in [6, 6.07) is 8.20. The molecule has 14 heavy (non-hydrogen) atoms. The molecule has 0 heterocycles. The van der Waals surface area contributed by atoms with Gasteiger partial charge in [0.15, 0.2) is 0 Å². The molecular weight excluding hydrogens is 238 g/mol. The minimum absolute atomic E-state index is 0.0993. The first-order chi connectivity index (χ1) is 6.61. The molecule has 0 aliphatic heterocycles. The van der Waals surface area contributed by atoms with Gasteiger partial charge in [0.1, 0.15) is 0 Å². The third-order valence-electron chi connectivity index (χ3n) is 2.19. The molecule has 0 radical (unpaired) electrons. The monoisotopic (exact) mass is 253 g/mol. The van der Waals surface area contributed by atoms with Crippen LogP contribution < -0.4 is 5.73 Å². The van der Waals surface area contributed by atoms with E-state index in [9.17, 15) is 0 Å². The minimum atomic E-state index is 0.0993. The number of benzene rings is 1. The highest BCUT2D eigenvalue weighted by molar-refractivity contribution is 9.10. The van der Waals surface area contributed by atoms with Crippen LogP contribution in [0.25, 0.3) is 0 Å². The topological polar surface area (TPSA) is 26.0 Å². The van der Waals surface area contributed by atoms with Crippen molar-refractivity contribution in [1.82, 2.24) is 0 Å². The molecule has 0 aliphatic rings. The van der Waals surface area contributed by atoms with Crippen molar-refractivity contribution < 1.29 is 0 Å². The van der Waals surface area contributed by atoms with Crippen molar-refractivity contribution in [3.63, 3.8) is 0 Å². The predicted molar refractivity (Wildman–Crippen MR) is 65.1 cm³/mol. The summed E-state index contributed by atoms with van der Waals surface area (Å²) in [7, 11) is 0. The van der Waals surface area contributed by atoms with Gasteiger partial charge in [-0.15, -0.1) is 6.58 Å². The van der Waals surface area contributed by atoms with Crippen molar-refractivity contribution >= 4 is 15.9 Å². The van der Waals surface area contributed by atoms with E-state index in [1.54, 1.807) is 0 Å². The fourth-order valence-electron chi connectivity index (χ4n) is 1.33. The lowest BCUT2D eigenvalue weighted by molar-refractivity contribution is 0.647. The molecule has 76 valence electrons. The Morgan fingerprint density at radius 2 is 2.14 bits per heavy atom. The van der Waals surface area contributed by atoms with Crippen LogP contribution in [-0.4, -0.2) is 0 Å². The molecule has 1 aromatic carbocycles. The van der Waals surface area contributed by atoms with Crippen LogP contribution >= 0.6 is 15.9 Å². The van der Waals surface area contributed by atoms with Crippen LogP contribution in [0, 0.1) is 0 Å². The molecule has 0 spiro atoms. The summed E-state index contributed by atoms with van der Waals surface area (Å²) in [6.07, 6.45) is 1.94. The molecule has 0 amide bonds. The molecule has 1 aromatic rings. The summed E-state index contributed by atoms with van der Waals surface area (Å²) in [5.74, 6) is 0. The smallest absolute Gasteiger partial charge is 0.0309 e.